The fourth-order valence-corrected chi connectivity index (χ4v) is 2.30. The monoisotopic (exact) mass is 312 g/mol. The molecule has 0 aromatic carbocycles. The number of carbonyl (C=O) groups excluding carboxylic acids is 3. The van der Waals surface area contributed by atoms with Crippen LogP contribution >= 0.6 is 11.3 Å². The van der Waals surface area contributed by atoms with Crippen LogP contribution in [0.1, 0.15) is 30.4 Å². The smallest absolute Gasteiger partial charge is 0.325 e. The average molecular weight is 312 g/mol. The summed E-state index contributed by atoms with van der Waals surface area (Å²) >= 11 is 1.30. The summed E-state index contributed by atoms with van der Waals surface area (Å²) in [6, 6.07) is 3.30. The van der Waals surface area contributed by atoms with Crippen LogP contribution in [0.4, 0.5) is 0 Å². The van der Waals surface area contributed by atoms with Crippen molar-refractivity contribution in [1.29, 1.82) is 0 Å². The van der Waals surface area contributed by atoms with E-state index in [1.165, 1.54) is 16.2 Å². The zero-order valence-electron chi connectivity index (χ0n) is 12.4. The first kappa shape index (κ1) is 17.2. The number of ether oxygens (including phenoxy) is 1. The minimum absolute atomic E-state index is 0.112. The van der Waals surface area contributed by atoms with E-state index in [9.17, 15) is 14.4 Å². The normalized spacial score (nSPS) is 10.3. The standard InChI is InChI=1S/C14H20N2O4S/c1-4-20-13(18)9-16(10(2)3)12(17)8-15-14(19)11-6-5-7-21-11/h5-7,10H,4,8-9H2,1-3H3,(H,15,19). The molecule has 0 aliphatic carbocycles. The molecule has 0 atom stereocenters. The van der Waals surface area contributed by atoms with Gasteiger partial charge in [0.2, 0.25) is 5.91 Å². The molecule has 1 heterocycles. The molecule has 1 rings (SSSR count). The van der Waals surface area contributed by atoms with Gasteiger partial charge in [0.15, 0.2) is 0 Å². The molecule has 1 aromatic heterocycles. The summed E-state index contributed by atoms with van der Waals surface area (Å²) in [5.41, 5.74) is 0. The summed E-state index contributed by atoms with van der Waals surface area (Å²) < 4.78 is 4.84. The van der Waals surface area contributed by atoms with Crippen molar-refractivity contribution >= 4 is 29.1 Å². The molecular weight excluding hydrogens is 292 g/mol. The third kappa shape index (κ3) is 5.55. The van der Waals surface area contributed by atoms with Gasteiger partial charge in [-0.1, -0.05) is 6.07 Å². The molecule has 1 aromatic rings. The second kappa shape index (κ2) is 8.41. The van der Waals surface area contributed by atoms with Crippen molar-refractivity contribution in [2.75, 3.05) is 19.7 Å². The highest BCUT2D eigenvalue weighted by Gasteiger charge is 2.21. The van der Waals surface area contributed by atoms with Gasteiger partial charge in [-0.05, 0) is 32.2 Å². The van der Waals surface area contributed by atoms with E-state index in [1.807, 2.05) is 0 Å². The van der Waals surface area contributed by atoms with Crippen molar-refractivity contribution < 1.29 is 19.1 Å². The Labute approximate surface area is 128 Å². The van der Waals surface area contributed by atoms with Gasteiger partial charge in [-0.25, -0.2) is 0 Å². The molecule has 0 unspecified atom stereocenters. The van der Waals surface area contributed by atoms with Gasteiger partial charge in [0.25, 0.3) is 5.91 Å². The first-order chi connectivity index (χ1) is 9.95. The minimum Gasteiger partial charge on any atom is -0.465 e. The maximum Gasteiger partial charge on any atom is 0.325 e. The van der Waals surface area contributed by atoms with E-state index < -0.39 is 5.97 Å². The molecule has 0 aliphatic rings. The lowest BCUT2D eigenvalue weighted by Crippen LogP contribution is -2.46. The third-order valence-corrected chi connectivity index (χ3v) is 3.56. The SMILES string of the molecule is CCOC(=O)CN(C(=O)CNC(=O)c1cccs1)C(C)C. The summed E-state index contributed by atoms with van der Waals surface area (Å²) in [7, 11) is 0. The van der Waals surface area contributed by atoms with Crippen LogP contribution in [0.2, 0.25) is 0 Å². The van der Waals surface area contributed by atoms with Crippen LogP contribution in [0.25, 0.3) is 0 Å². The Hall–Kier alpha value is -1.89. The van der Waals surface area contributed by atoms with Crippen LogP contribution in [0.15, 0.2) is 17.5 Å². The number of amides is 2. The van der Waals surface area contributed by atoms with Crippen molar-refractivity contribution in [3.05, 3.63) is 22.4 Å². The highest BCUT2D eigenvalue weighted by Crippen LogP contribution is 2.07. The molecular formula is C14H20N2O4S. The lowest BCUT2D eigenvalue weighted by Gasteiger charge is -2.25. The Morgan fingerprint density at radius 3 is 2.62 bits per heavy atom. The van der Waals surface area contributed by atoms with Gasteiger partial charge in [-0.3, -0.25) is 14.4 Å². The number of rotatable bonds is 7. The number of nitrogens with zero attached hydrogens (tertiary/aromatic N) is 1. The second-order valence-electron chi connectivity index (χ2n) is 4.58. The number of nitrogens with one attached hydrogen (secondary N) is 1. The lowest BCUT2D eigenvalue weighted by atomic mass is 10.3. The zero-order chi connectivity index (χ0) is 15.8. The number of carbonyl (C=O) groups is 3. The van der Waals surface area contributed by atoms with E-state index in [0.29, 0.717) is 4.88 Å². The van der Waals surface area contributed by atoms with Crippen molar-refractivity contribution in [1.82, 2.24) is 10.2 Å². The molecule has 6 nitrogen and oxygen atoms in total. The van der Waals surface area contributed by atoms with Crippen molar-refractivity contribution in [2.45, 2.75) is 26.8 Å². The molecule has 1 N–H and O–H groups in total. The lowest BCUT2D eigenvalue weighted by molar-refractivity contribution is -0.149. The predicted molar refractivity (Wildman–Crippen MR) is 80.1 cm³/mol. The Kier molecular flexibility index (Phi) is 6.87. The summed E-state index contributed by atoms with van der Waals surface area (Å²) in [5.74, 6) is -1.06. The Morgan fingerprint density at radius 1 is 1.38 bits per heavy atom. The Morgan fingerprint density at radius 2 is 2.10 bits per heavy atom. The Bertz CT molecular complexity index is 485. The molecule has 0 fully saturated rings. The van der Waals surface area contributed by atoms with Crippen LogP contribution in [-0.4, -0.2) is 48.4 Å². The topological polar surface area (TPSA) is 75.7 Å². The first-order valence-electron chi connectivity index (χ1n) is 6.72. The maximum atomic E-state index is 12.1. The van der Waals surface area contributed by atoms with Crippen molar-refractivity contribution in [2.24, 2.45) is 0 Å². The van der Waals surface area contributed by atoms with Crippen molar-refractivity contribution in [3.63, 3.8) is 0 Å². The molecule has 0 radical (unpaired) electrons. The van der Waals surface area contributed by atoms with E-state index in [0.717, 1.165) is 0 Å². The van der Waals surface area contributed by atoms with Gasteiger partial charge in [0.1, 0.15) is 6.54 Å². The van der Waals surface area contributed by atoms with Crippen LogP contribution in [0.3, 0.4) is 0 Å². The average Bonchev–Trinajstić information content (AvgIpc) is 2.96. The largest absolute Gasteiger partial charge is 0.465 e. The third-order valence-electron chi connectivity index (χ3n) is 2.69. The number of hydrogen-bond acceptors (Lipinski definition) is 5. The van der Waals surface area contributed by atoms with Gasteiger partial charge in [0, 0.05) is 6.04 Å². The highest BCUT2D eigenvalue weighted by atomic mass is 32.1. The van der Waals surface area contributed by atoms with Gasteiger partial charge < -0.3 is 15.0 Å². The summed E-state index contributed by atoms with van der Waals surface area (Å²) in [6.07, 6.45) is 0. The van der Waals surface area contributed by atoms with Gasteiger partial charge in [-0.15, -0.1) is 11.3 Å². The predicted octanol–water partition coefficient (Wildman–Crippen LogP) is 1.28. The summed E-state index contributed by atoms with van der Waals surface area (Å²) in [5, 5.41) is 4.34. The fourth-order valence-electron chi connectivity index (χ4n) is 1.66. The molecule has 0 aliphatic heterocycles. The number of hydrogen-bond donors (Lipinski definition) is 1. The molecule has 0 spiro atoms. The van der Waals surface area contributed by atoms with E-state index in [1.54, 1.807) is 38.3 Å². The molecule has 0 saturated carbocycles. The van der Waals surface area contributed by atoms with E-state index in [-0.39, 0.29) is 37.6 Å². The molecule has 116 valence electrons. The van der Waals surface area contributed by atoms with Crippen LogP contribution < -0.4 is 5.32 Å². The van der Waals surface area contributed by atoms with E-state index >= 15 is 0 Å². The number of thiophene rings is 1. The Balaban J connectivity index is 2.53. The second-order valence-corrected chi connectivity index (χ2v) is 5.53. The van der Waals surface area contributed by atoms with Crippen LogP contribution in [0.5, 0.6) is 0 Å². The molecule has 2 amide bonds. The molecule has 7 heteroatoms. The molecule has 21 heavy (non-hydrogen) atoms. The molecule has 0 bridgehead atoms. The fraction of sp³-hybridized carbons (Fsp3) is 0.500. The number of esters is 1. The molecule has 0 saturated heterocycles. The quantitative estimate of drug-likeness (QED) is 0.770. The summed E-state index contributed by atoms with van der Waals surface area (Å²) in [6.45, 7) is 5.33. The van der Waals surface area contributed by atoms with Crippen LogP contribution in [0, 0.1) is 0 Å². The van der Waals surface area contributed by atoms with Gasteiger partial charge in [0.05, 0.1) is 18.0 Å². The maximum absolute atomic E-state index is 12.1. The van der Waals surface area contributed by atoms with E-state index in [4.69, 9.17) is 4.74 Å². The highest BCUT2D eigenvalue weighted by molar-refractivity contribution is 7.12. The van der Waals surface area contributed by atoms with Crippen LogP contribution in [-0.2, 0) is 14.3 Å². The minimum atomic E-state index is -0.455. The van der Waals surface area contributed by atoms with Crippen molar-refractivity contribution in [3.8, 4) is 0 Å². The first-order valence-corrected chi connectivity index (χ1v) is 7.60. The van der Waals surface area contributed by atoms with Gasteiger partial charge in [-0.2, -0.15) is 0 Å². The summed E-state index contributed by atoms with van der Waals surface area (Å²) in [4.78, 5) is 37.3. The zero-order valence-corrected chi connectivity index (χ0v) is 13.2. The van der Waals surface area contributed by atoms with Gasteiger partial charge >= 0.3 is 5.97 Å². The van der Waals surface area contributed by atoms with E-state index in [2.05, 4.69) is 5.32 Å².